The number of piperidine rings is 2. The molecule has 4 fully saturated rings. The largest absolute Gasteiger partial charge is 0.480 e. The number of nitrogens with one attached hydrogen (secondary N) is 3. The summed E-state index contributed by atoms with van der Waals surface area (Å²) in [6, 6.07) is -2.72. The number of nitrogens with two attached hydrogens (primary N) is 3. The Bertz CT molecular complexity index is 950. The number of nitrogens with zero attached hydrogens (tertiary/aromatic N) is 2. The van der Waals surface area contributed by atoms with Crippen molar-refractivity contribution in [2.24, 2.45) is 28.1 Å². The predicted molar refractivity (Wildman–Crippen MR) is 150 cm³/mol. The van der Waals surface area contributed by atoms with E-state index in [-0.39, 0.29) is 54.9 Å². The first-order valence-electron chi connectivity index (χ1n) is 14.3. The molecule has 0 radical (unpaired) electrons. The van der Waals surface area contributed by atoms with E-state index in [2.05, 4.69) is 25.7 Å². The van der Waals surface area contributed by atoms with Crippen LogP contribution in [0.1, 0.15) is 71.6 Å². The molecule has 4 rings (SSSR count). The Morgan fingerprint density at radius 1 is 1.07 bits per heavy atom. The van der Waals surface area contributed by atoms with Gasteiger partial charge in [0, 0.05) is 19.5 Å². The number of carboxylic acid groups (broad SMARTS) is 1. The quantitative estimate of drug-likeness (QED) is 0.0803. The molecule has 1 saturated carbocycles. The molecule has 3 heterocycles. The van der Waals surface area contributed by atoms with Gasteiger partial charge in [-0.2, -0.15) is 0 Å². The van der Waals surface area contributed by atoms with E-state index in [4.69, 9.17) is 17.2 Å². The van der Waals surface area contributed by atoms with Crippen molar-refractivity contribution < 1.29 is 33.8 Å². The number of hydrogen-bond acceptors (Lipinski definition) is 8. The van der Waals surface area contributed by atoms with E-state index in [0.717, 1.165) is 32.1 Å². The number of rotatable bonds is 13. The number of fused-ring (bicyclic) bond motifs is 3. The zero-order chi connectivity index (χ0) is 30.5. The van der Waals surface area contributed by atoms with Gasteiger partial charge in [-0.05, 0) is 77.2 Å². The van der Waals surface area contributed by atoms with Gasteiger partial charge in [-0.3, -0.25) is 19.4 Å². The first-order chi connectivity index (χ1) is 19.4. The standard InChI is InChI=1S/C22H39N7O5.C4H7NO2/c1-13(30)27-16(5-2-3-11-23)20(32)29-15-9-7-14(8-10-15)18(29)19(31)28-17(21(33)34)6-4-12-26-22(24)25;1-3-2-5-4(6)7-3/h14-18H,2-12,23H2,1H3,(H,27,30)(H,28,31)(H,33,34)(H4,24,25,26);3H,2H2,1H3,(H,5,6)/t14?,15?,16-,17-,18-;3-/m00/s1. The summed E-state index contributed by atoms with van der Waals surface area (Å²) in [6.07, 6.45) is 5.29. The van der Waals surface area contributed by atoms with E-state index < -0.39 is 30.0 Å². The highest BCUT2D eigenvalue weighted by atomic mass is 16.6. The fourth-order valence-corrected chi connectivity index (χ4v) is 5.49. The van der Waals surface area contributed by atoms with Gasteiger partial charge in [0.2, 0.25) is 17.7 Å². The van der Waals surface area contributed by atoms with Crippen LogP contribution in [0.3, 0.4) is 0 Å². The topological polar surface area (TPSA) is 245 Å². The molecule has 4 aliphatic rings. The van der Waals surface area contributed by atoms with Crippen molar-refractivity contribution in [3.05, 3.63) is 0 Å². The Morgan fingerprint density at radius 3 is 2.22 bits per heavy atom. The van der Waals surface area contributed by atoms with Crippen molar-refractivity contribution >= 4 is 35.7 Å². The molecule has 4 atom stereocenters. The lowest BCUT2D eigenvalue weighted by Crippen LogP contribution is -2.66. The predicted octanol–water partition coefficient (Wildman–Crippen LogP) is -0.873. The minimum Gasteiger partial charge on any atom is -0.480 e. The number of hydrogen-bond donors (Lipinski definition) is 7. The number of guanidine groups is 1. The number of carbonyl (C=O) groups excluding carboxylic acids is 4. The summed E-state index contributed by atoms with van der Waals surface area (Å²) >= 11 is 0. The van der Waals surface area contributed by atoms with Crippen molar-refractivity contribution in [3.8, 4) is 0 Å². The summed E-state index contributed by atoms with van der Waals surface area (Å²) in [7, 11) is 0. The molecule has 0 spiro atoms. The first-order valence-corrected chi connectivity index (χ1v) is 14.3. The third-order valence-electron chi connectivity index (χ3n) is 7.43. The van der Waals surface area contributed by atoms with Crippen molar-refractivity contribution in [2.45, 2.75) is 102 Å². The van der Waals surface area contributed by atoms with Crippen molar-refractivity contribution in [1.29, 1.82) is 0 Å². The smallest absolute Gasteiger partial charge is 0.407 e. The Labute approximate surface area is 240 Å². The van der Waals surface area contributed by atoms with Crippen LogP contribution in [-0.2, 0) is 23.9 Å². The van der Waals surface area contributed by atoms with Crippen molar-refractivity contribution in [1.82, 2.24) is 20.9 Å². The SMILES string of the molecule is CC(=O)N[C@@H](CCCCN)C(=O)N1C2CCC(CC2)[C@H]1C(=O)N[C@@H](CCCN=C(N)N)C(=O)O.C[C@H]1CNC(=O)O1. The van der Waals surface area contributed by atoms with Gasteiger partial charge in [0.05, 0.1) is 6.54 Å². The van der Waals surface area contributed by atoms with Gasteiger partial charge in [0.25, 0.3) is 0 Å². The molecule has 1 aliphatic carbocycles. The van der Waals surface area contributed by atoms with E-state index in [9.17, 15) is 29.1 Å². The summed E-state index contributed by atoms with van der Waals surface area (Å²) in [6.45, 7) is 4.59. The molecular formula is C26H46N8O7. The number of aliphatic carboxylic acids is 1. The van der Waals surface area contributed by atoms with Crippen LogP contribution in [0.25, 0.3) is 0 Å². The van der Waals surface area contributed by atoms with Gasteiger partial charge in [0.15, 0.2) is 5.96 Å². The molecule has 15 nitrogen and oxygen atoms in total. The van der Waals surface area contributed by atoms with E-state index in [1.807, 2.05) is 6.92 Å². The Morgan fingerprint density at radius 2 is 1.73 bits per heavy atom. The molecular weight excluding hydrogens is 536 g/mol. The molecule has 0 unspecified atom stereocenters. The maximum absolute atomic E-state index is 13.6. The van der Waals surface area contributed by atoms with E-state index in [1.54, 1.807) is 4.90 Å². The van der Waals surface area contributed by atoms with Crippen LogP contribution in [0.4, 0.5) is 4.79 Å². The fraction of sp³-hybridized carbons (Fsp3) is 0.769. The third-order valence-corrected chi connectivity index (χ3v) is 7.43. The van der Waals surface area contributed by atoms with Crippen molar-refractivity contribution in [2.75, 3.05) is 19.6 Å². The maximum atomic E-state index is 13.6. The summed E-state index contributed by atoms with van der Waals surface area (Å²) in [5.41, 5.74) is 16.2. The van der Waals surface area contributed by atoms with Crippen molar-refractivity contribution in [3.63, 3.8) is 0 Å². The fourth-order valence-electron chi connectivity index (χ4n) is 5.49. The van der Waals surface area contributed by atoms with Gasteiger partial charge >= 0.3 is 12.1 Å². The number of amides is 4. The van der Waals surface area contributed by atoms with Crippen LogP contribution in [0, 0.1) is 5.92 Å². The Balaban J connectivity index is 0.000000729. The number of aliphatic imine (C=N–C) groups is 1. The molecule has 41 heavy (non-hydrogen) atoms. The van der Waals surface area contributed by atoms with Crippen LogP contribution in [0.15, 0.2) is 4.99 Å². The normalized spacial score (nSPS) is 24.1. The molecule has 3 aliphatic heterocycles. The zero-order valence-corrected chi connectivity index (χ0v) is 24.0. The van der Waals surface area contributed by atoms with Gasteiger partial charge < -0.3 is 47.9 Å². The molecule has 232 valence electrons. The number of carbonyl (C=O) groups is 5. The van der Waals surface area contributed by atoms with Gasteiger partial charge in [-0.25, -0.2) is 9.59 Å². The summed E-state index contributed by atoms with van der Waals surface area (Å²) in [4.78, 5) is 66.0. The third kappa shape index (κ3) is 10.7. The summed E-state index contributed by atoms with van der Waals surface area (Å²) < 4.78 is 4.61. The lowest BCUT2D eigenvalue weighted by Gasteiger charge is -2.51. The second-order valence-electron chi connectivity index (χ2n) is 10.7. The minimum absolute atomic E-state index is 0.0490. The average Bonchev–Trinajstić information content (AvgIpc) is 3.31. The van der Waals surface area contributed by atoms with Crippen LogP contribution >= 0.6 is 0 Å². The Hall–Kier alpha value is -3.62. The van der Waals surface area contributed by atoms with Crippen LogP contribution in [0.2, 0.25) is 0 Å². The average molecular weight is 583 g/mol. The number of alkyl carbamates (subject to hydrolysis) is 1. The first kappa shape index (κ1) is 33.6. The highest BCUT2D eigenvalue weighted by molar-refractivity contribution is 5.94. The molecule has 3 saturated heterocycles. The number of carboxylic acids is 1. The molecule has 4 amide bonds. The van der Waals surface area contributed by atoms with Gasteiger partial charge in [-0.15, -0.1) is 0 Å². The maximum Gasteiger partial charge on any atom is 0.407 e. The lowest BCUT2D eigenvalue weighted by atomic mass is 9.73. The molecule has 0 aromatic heterocycles. The lowest BCUT2D eigenvalue weighted by molar-refractivity contribution is -0.157. The van der Waals surface area contributed by atoms with Crippen LogP contribution in [-0.4, -0.2) is 95.7 Å². The molecule has 10 N–H and O–H groups in total. The minimum atomic E-state index is -1.16. The van der Waals surface area contributed by atoms with Crippen LogP contribution in [0.5, 0.6) is 0 Å². The van der Waals surface area contributed by atoms with Gasteiger partial charge in [-0.1, -0.05) is 0 Å². The molecule has 0 aromatic rings. The highest BCUT2D eigenvalue weighted by Gasteiger charge is 2.49. The van der Waals surface area contributed by atoms with E-state index >= 15 is 0 Å². The number of ether oxygens (including phenoxy) is 1. The summed E-state index contributed by atoms with van der Waals surface area (Å²) in [5.74, 6) is -2.37. The number of unbranched alkanes of at least 4 members (excludes halogenated alkanes) is 1. The molecule has 15 heteroatoms. The highest BCUT2D eigenvalue weighted by Crippen LogP contribution is 2.40. The van der Waals surface area contributed by atoms with E-state index in [0.29, 0.717) is 32.4 Å². The van der Waals surface area contributed by atoms with E-state index in [1.165, 1.54) is 6.92 Å². The molecule has 0 aromatic carbocycles. The Kier molecular flexibility index (Phi) is 13.6. The van der Waals surface area contributed by atoms with Crippen LogP contribution < -0.4 is 33.2 Å². The molecule has 2 bridgehead atoms. The van der Waals surface area contributed by atoms with Gasteiger partial charge in [0.1, 0.15) is 24.2 Å². The monoisotopic (exact) mass is 582 g/mol. The second-order valence-corrected chi connectivity index (χ2v) is 10.7. The zero-order valence-electron chi connectivity index (χ0n) is 24.0. The summed E-state index contributed by atoms with van der Waals surface area (Å²) in [5, 5.41) is 17.5. The number of cyclic esters (lactones) is 1. The second kappa shape index (κ2) is 16.6.